The Bertz CT molecular complexity index is 575. The molecular formula is C14H21N5OS. The standard InChI is InChI=1S/C14H21N5OS/c1-3-4-12(19-7-5-15-6-8-19)13-17-14(20-18-13)11-9-21-10(2)16-11/h9,12,15H,3-8H2,1-2H3. The lowest BCUT2D eigenvalue weighted by Gasteiger charge is -2.32. The van der Waals surface area contributed by atoms with Crippen molar-refractivity contribution >= 4 is 11.3 Å². The largest absolute Gasteiger partial charge is 0.332 e. The van der Waals surface area contributed by atoms with Gasteiger partial charge in [0.25, 0.3) is 5.89 Å². The summed E-state index contributed by atoms with van der Waals surface area (Å²) in [7, 11) is 0. The maximum absolute atomic E-state index is 5.42. The van der Waals surface area contributed by atoms with Crippen molar-refractivity contribution in [1.82, 2.24) is 25.3 Å². The number of hydrogen-bond acceptors (Lipinski definition) is 7. The smallest absolute Gasteiger partial charge is 0.277 e. The summed E-state index contributed by atoms with van der Waals surface area (Å²) in [5.41, 5.74) is 0.784. The van der Waals surface area contributed by atoms with E-state index in [9.17, 15) is 0 Å². The Morgan fingerprint density at radius 1 is 1.38 bits per heavy atom. The Labute approximate surface area is 128 Å². The van der Waals surface area contributed by atoms with Crippen molar-refractivity contribution in [2.24, 2.45) is 0 Å². The Kier molecular flexibility index (Phi) is 4.62. The minimum absolute atomic E-state index is 0.245. The number of aromatic nitrogens is 3. The Morgan fingerprint density at radius 3 is 2.86 bits per heavy atom. The van der Waals surface area contributed by atoms with Gasteiger partial charge in [-0.3, -0.25) is 4.90 Å². The second-order valence-electron chi connectivity index (χ2n) is 5.30. The third-order valence-electron chi connectivity index (χ3n) is 3.73. The van der Waals surface area contributed by atoms with Crippen LogP contribution in [0, 0.1) is 6.92 Å². The third kappa shape index (κ3) is 3.30. The van der Waals surface area contributed by atoms with Crippen LogP contribution in [0.5, 0.6) is 0 Å². The molecule has 3 heterocycles. The van der Waals surface area contributed by atoms with E-state index in [1.54, 1.807) is 11.3 Å². The maximum atomic E-state index is 5.42. The van der Waals surface area contributed by atoms with Gasteiger partial charge in [0.15, 0.2) is 5.82 Å². The highest BCUT2D eigenvalue weighted by Gasteiger charge is 2.26. The Morgan fingerprint density at radius 2 is 2.19 bits per heavy atom. The molecule has 1 saturated heterocycles. The molecule has 0 spiro atoms. The molecule has 0 aromatic carbocycles. The van der Waals surface area contributed by atoms with Crippen LogP contribution >= 0.6 is 11.3 Å². The lowest BCUT2D eigenvalue weighted by atomic mass is 10.1. The molecule has 0 saturated carbocycles. The van der Waals surface area contributed by atoms with E-state index in [4.69, 9.17) is 4.52 Å². The van der Waals surface area contributed by atoms with E-state index in [1.165, 1.54) is 0 Å². The normalized spacial score (nSPS) is 18.0. The summed E-state index contributed by atoms with van der Waals surface area (Å²) in [5.74, 6) is 1.32. The van der Waals surface area contributed by atoms with Crippen LogP contribution in [0.1, 0.15) is 36.6 Å². The molecule has 1 aliphatic rings. The number of hydrogen-bond donors (Lipinski definition) is 1. The number of nitrogens with one attached hydrogen (secondary N) is 1. The van der Waals surface area contributed by atoms with Gasteiger partial charge in [0, 0.05) is 31.6 Å². The molecule has 1 N–H and O–H groups in total. The van der Waals surface area contributed by atoms with Crippen LogP contribution in [0.15, 0.2) is 9.90 Å². The predicted molar refractivity (Wildman–Crippen MR) is 82.2 cm³/mol. The first-order chi connectivity index (χ1) is 10.3. The summed E-state index contributed by atoms with van der Waals surface area (Å²) in [6, 6.07) is 0.245. The predicted octanol–water partition coefficient (Wildman–Crippen LogP) is 2.25. The third-order valence-corrected chi connectivity index (χ3v) is 4.51. The molecule has 1 unspecified atom stereocenters. The zero-order valence-corrected chi connectivity index (χ0v) is 13.3. The van der Waals surface area contributed by atoms with Crippen molar-refractivity contribution in [3.8, 4) is 11.6 Å². The van der Waals surface area contributed by atoms with Gasteiger partial charge in [-0.1, -0.05) is 18.5 Å². The van der Waals surface area contributed by atoms with E-state index in [0.717, 1.165) is 55.5 Å². The van der Waals surface area contributed by atoms with E-state index >= 15 is 0 Å². The molecular weight excluding hydrogens is 286 g/mol. The molecule has 1 atom stereocenters. The van der Waals surface area contributed by atoms with Crippen molar-refractivity contribution in [3.05, 3.63) is 16.2 Å². The summed E-state index contributed by atoms with van der Waals surface area (Å²) >= 11 is 1.60. The average molecular weight is 307 g/mol. The molecule has 0 amide bonds. The molecule has 1 aliphatic heterocycles. The molecule has 1 fully saturated rings. The van der Waals surface area contributed by atoms with Gasteiger partial charge in [-0.15, -0.1) is 11.3 Å². The first kappa shape index (κ1) is 14.6. The number of nitrogens with zero attached hydrogens (tertiary/aromatic N) is 4. The van der Waals surface area contributed by atoms with Crippen LogP contribution in [-0.2, 0) is 0 Å². The second kappa shape index (κ2) is 6.64. The topological polar surface area (TPSA) is 67.1 Å². The van der Waals surface area contributed by atoms with Crippen LogP contribution in [0.4, 0.5) is 0 Å². The summed E-state index contributed by atoms with van der Waals surface area (Å²) in [6.45, 7) is 8.28. The number of thiazole rings is 1. The van der Waals surface area contributed by atoms with Crippen molar-refractivity contribution in [2.45, 2.75) is 32.7 Å². The first-order valence-electron chi connectivity index (χ1n) is 7.49. The molecule has 6 nitrogen and oxygen atoms in total. The van der Waals surface area contributed by atoms with Crippen LogP contribution in [-0.4, -0.2) is 46.2 Å². The number of rotatable bonds is 5. The van der Waals surface area contributed by atoms with Gasteiger partial charge >= 0.3 is 0 Å². The molecule has 0 bridgehead atoms. The fourth-order valence-corrected chi connectivity index (χ4v) is 3.26. The molecule has 0 radical (unpaired) electrons. The molecule has 114 valence electrons. The Hall–Kier alpha value is -1.31. The lowest BCUT2D eigenvalue weighted by molar-refractivity contribution is 0.155. The molecule has 2 aromatic rings. The lowest BCUT2D eigenvalue weighted by Crippen LogP contribution is -2.45. The van der Waals surface area contributed by atoms with Gasteiger partial charge in [-0.25, -0.2) is 4.98 Å². The van der Waals surface area contributed by atoms with Gasteiger partial charge in [0.1, 0.15) is 5.69 Å². The van der Waals surface area contributed by atoms with Gasteiger partial charge in [0.05, 0.1) is 11.0 Å². The zero-order valence-electron chi connectivity index (χ0n) is 12.5. The van der Waals surface area contributed by atoms with Gasteiger partial charge in [-0.05, 0) is 13.3 Å². The summed E-state index contributed by atoms with van der Waals surface area (Å²) in [4.78, 5) is 11.4. The summed E-state index contributed by atoms with van der Waals surface area (Å²) < 4.78 is 5.42. The highest BCUT2D eigenvalue weighted by molar-refractivity contribution is 7.09. The van der Waals surface area contributed by atoms with E-state index in [2.05, 4.69) is 32.3 Å². The maximum Gasteiger partial charge on any atom is 0.277 e. The zero-order chi connectivity index (χ0) is 14.7. The number of aryl methyl sites for hydroxylation is 1. The molecule has 3 rings (SSSR count). The van der Waals surface area contributed by atoms with E-state index < -0.39 is 0 Å². The molecule has 2 aromatic heterocycles. The SMILES string of the molecule is CCCC(c1noc(-c2csc(C)n2)n1)N1CCNCC1. The fourth-order valence-electron chi connectivity index (χ4n) is 2.68. The van der Waals surface area contributed by atoms with Gasteiger partial charge in [0.2, 0.25) is 0 Å². The quantitative estimate of drug-likeness (QED) is 0.914. The fraction of sp³-hybridized carbons (Fsp3) is 0.643. The molecule has 0 aliphatic carbocycles. The number of piperazine rings is 1. The minimum atomic E-state index is 0.245. The van der Waals surface area contributed by atoms with Crippen LogP contribution in [0.25, 0.3) is 11.6 Å². The highest BCUT2D eigenvalue weighted by Crippen LogP contribution is 2.26. The first-order valence-corrected chi connectivity index (χ1v) is 8.36. The van der Waals surface area contributed by atoms with Crippen molar-refractivity contribution in [1.29, 1.82) is 0 Å². The van der Waals surface area contributed by atoms with E-state index in [1.807, 2.05) is 12.3 Å². The second-order valence-corrected chi connectivity index (χ2v) is 6.36. The Balaban J connectivity index is 1.81. The van der Waals surface area contributed by atoms with Crippen LogP contribution in [0.2, 0.25) is 0 Å². The van der Waals surface area contributed by atoms with Gasteiger partial charge in [-0.2, -0.15) is 4.98 Å². The van der Waals surface area contributed by atoms with Crippen molar-refractivity contribution < 1.29 is 4.52 Å². The van der Waals surface area contributed by atoms with Crippen LogP contribution < -0.4 is 5.32 Å². The monoisotopic (exact) mass is 307 g/mol. The molecule has 21 heavy (non-hydrogen) atoms. The minimum Gasteiger partial charge on any atom is -0.332 e. The van der Waals surface area contributed by atoms with E-state index in [0.29, 0.717) is 5.89 Å². The summed E-state index contributed by atoms with van der Waals surface area (Å²) in [6.07, 6.45) is 2.16. The highest BCUT2D eigenvalue weighted by atomic mass is 32.1. The van der Waals surface area contributed by atoms with Gasteiger partial charge < -0.3 is 9.84 Å². The summed E-state index contributed by atoms with van der Waals surface area (Å²) in [5, 5.41) is 10.6. The van der Waals surface area contributed by atoms with Crippen molar-refractivity contribution in [3.63, 3.8) is 0 Å². The molecule has 7 heteroatoms. The van der Waals surface area contributed by atoms with Crippen LogP contribution in [0.3, 0.4) is 0 Å². The average Bonchev–Trinajstić information content (AvgIpc) is 3.14. The van der Waals surface area contributed by atoms with E-state index in [-0.39, 0.29) is 6.04 Å². The van der Waals surface area contributed by atoms with Crippen molar-refractivity contribution in [2.75, 3.05) is 26.2 Å².